The number of rotatable bonds is 22. The van der Waals surface area contributed by atoms with E-state index in [1.165, 1.54) is 67.6 Å². The zero-order valence-corrected chi connectivity index (χ0v) is 85.4. The van der Waals surface area contributed by atoms with Crippen LogP contribution < -0.4 is 20.3 Å². The number of nitrogens with zero attached hydrogens (tertiary/aromatic N) is 17. The van der Waals surface area contributed by atoms with Crippen molar-refractivity contribution >= 4 is 137 Å². The number of urea groups is 1. The fourth-order valence-electron chi connectivity index (χ4n) is 19.9. The Morgan fingerprint density at radius 3 is 0.963 bits per heavy atom. The van der Waals surface area contributed by atoms with E-state index in [0.717, 1.165) is 178 Å². The molecule has 9 amide bonds. The first kappa shape index (κ1) is 94.2. The van der Waals surface area contributed by atoms with Crippen LogP contribution in [-0.4, -0.2) is 191 Å². The monoisotopic (exact) mass is 1950 g/mol. The molecule has 23 rings (SSSR count). The number of sulfonamides is 1. The quantitative estimate of drug-likeness (QED) is 0.0567. The van der Waals surface area contributed by atoms with Gasteiger partial charge in [-0.15, -0.1) is 56.7 Å². The largest absolute Gasteiger partial charge is 0.331 e. The highest BCUT2D eigenvalue weighted by molar-refractivity contribution is 7.93. The van der Waals surface area contributed by atoms with Crippen molar-refractivity contribution in [2.45, 2.75) is 282 Å². The summed E-state index contributed by atoms with van der Waals surface area (Å²) in [7, 11) is -0.194. The predicted octanol–water partition coefficient (Wildman–Crippen LogP) is 18.7. The highest BCUT2D eigenvalue weighted by Gasteiger charge is 2.49. The number of hydrogen-bond acceptors (Lipinski definition) is 25. The van der Waals surface area contributed by atoms with Gasteiger partial charge in [-0.3, -0.25) is 53.5 Å². The molecule has 0 unspecified atom stereocenters. The molecule has 1 saturated heterocycles. The molecule has 3 N–H and O–H groups in total. The molecule has 10 aromatic rings. The fraction of sp³-hybridized carbons (Fsp3) is 0.520. The molecule has 714 valence electrons. The maximum atomic E-state index is 13.3. The summed E-state index contributed by atoms with van der Waals surface area (Å²) in [6, 6.07) is 10.9. The van der Waals surface area contributed by atoms with Gasteiger partial charge in [0.25, 0.3) is 29.5 Å². The van der Waals surface area contributed by atoms with E-state index in [4.69, 9.17) is 15.0 Å². The van der Waals surface area contributed by atoms with Gasteiger partial charge >= 0.3 is 6.03 Å². The Labute approximate surface area is 813 Å². The van der Waals surface area contributed by atoms with Crippen LogP contribution in [0.5, 0.6) is 0 Å². The molecule has 0 radical (unpaired) electrons. The second kappa shape index (κ2) is 36.8. The summed E-state index contributed by atoms with van der Waals surface area (Å²) in [5, 5.41) is 10.3. The van der Waals surface area contributed by atoms with Crippen molar-refractivity contribution in [1.29, 1.82) is 0 Å². The van der Waals surface area contributed by atoms with Gasteiger partial charge in [-0.25, -0.2) is 58.1 Å². The average Bonchev–Trinajstić information content (AvgIpc) is 1.57. The Bertz CT molecular complexity index is 6550. The Morgan fingerprint density at radius 2 is 0.662 bits per heavy atom. The van der Waals surface area contributed by atoms with Gasteiger partial charge in [-0.2, -0.15) is 0 Å². The van der Waals surface area contributed by atoms with Crippen LogP contribution in [0.4, 0.5) is 28.1 Å². The third-order valence-electron chi connectivity index (χ3n) is 28.8. The van der Waals surface area contributed by atoms with Gasteiger partial charge in [0.1, 0.15) is 17.5 Å². The predicted molar refractivity (Wildman–Crippen MR) is 530 cm³/mol. The van der Waals surface area contributed by atoms with Gasteiger partial charge in [-0.1, -0.05) is 0 Å². The Balaban J connectivity index is 0.000000109. The van der Waals surface area contributed by atoms with Gasteiger partial charge in [0, 0.05) is 95.9 Å². The lowest BCUT2D eigenvalue weighted by molar-refractivity contribution is -0.118. The smallest absolute Gasteiger partial charge is 0.322 e. The number of thiazole rings is 5. The summed E-state index contributed by atoms with van der Waals surface area (Å²) in [5.41, 5.74) is 17.3. The molecular weight excluding hydrogens is 1830 g/mol. The molecule has 0 bridgehead atoms. The Morgan fingerprint density at radius 1 is 0.368 bits per heavy atom. The van der Waals surface area contributed by atoms with Crippen molar-refractivity contribution in [1.82, 2.24) is 79.2 Å². The van der Waals surface area contributed by atoms with Crippen molar-refractivity contribution in [2.75, 3.05) is 40.9 Å². The van der Waals surface area contributed by atoms with E-state index in [9.17, 15) is 46.8 Å². The molecule has 36 heteroatoms. The first-order valence-corrected chi connectivity index (χ1v) is 53.5. The zero-order valence-electron chi connectivity index (χ0n) is 80.5. The summed E-state index contributed by atoms with van der Waals surface area (Å²) >= 11 is 7.99. The van der Waals surface area contributed by atoms with Crippen LogP contribution in [0.1, 0.15) is 276 Å². The number of fused-ring (bicyclic) bond motifs is 5. The van der Waals surface area contributed by atoms with Gasteiger partial charge in [0.05, 0.1) is 145 Å². The number of anilines is 4. The third-order valence-corrected chi connectivity index (χ3v) is 36.1. The molecule has 136 heavy (non-hydrogen) atoms. The molecule has 0 spiro atoms. The van der Waals surface area contributed by atoms with Crippen LogP contribution in [0.2, 0.25) is 0 Å². The molecule has 0 aromatic carbocycles. The first-order chi connectivity index (χ1) is 64.8. The van der Waals surface area contributed by atoms with Crippen LogP contribution in [0.25, 0.3) is 52.9 Å². The van der Waals surface area contributed by atoms with Gasteiger partial charge < -0.3 is 34.7 Å². The summed E-state index contributed by atoms with van der Waals surface area (Å²) in [4.78, 5) is 167. The number of aromatic nitrogens is 10. The molecule has 5 atom stereocenters. The van der Waals surface area contributed by atoms with Crippen molar-refractivity contribution in [2.24, 2.45) is 35.5 Å². The molecule has 16 heterocycles. The van der Waals surface area contributed by atoms with Gasteiger partial charge in [0.2, 0.25) is 21.8 Å². The normalized spacial score (nSPS) is 19.1. The molecule has 30 nitrogen and oxygen atoms in total. The fourth-order valence-corrected chi connectivity index (χ4v) is 25.6. The number of hydrogen-bond donors (Lipinski definition) is 3. The van der Waals surface area contributed by atoms with Crippen LogP contribution in [0.15, 0.2) is 30.3 Å². The van der Waals surface area contributed by atoms with Crippen molar-refractivity contribution in [3.8, 4) is 52.9 Å². The number of carbonyl (C=O) groups is 8. The summed E-state index contributed by atoms with van der Waals surface area (Å²) in [5.74, 6) is 4.62. The standard InChI is InChI=1S/2C21H24N4O2S.C20H25N5O2S.C20H24N4O3S2.C18H21N3OS/c1-10-18(28-12(3)22-10)16-8-15-9-25(11(2)13-4-5-13)21(27)17(15)19(23-16)24-20(26)14-6-7-14;1-11-19(28-13(3)22-11)16-9-15-10-25(12(2)14-6-7-14)21(27)18(15)20(23-16)24-8-4-5-17(24)26;1-10-17(28-12(3)21-10)15-8-14-9-25(11(2)13-6-7-13)19(26)16(14)18(22-15)23-20(27)24(4)5;1-10-18(28-12(3)21-10)16-8-14-9-24(11(2)13-4-5-13)20(25)17(14)19(22-16)23-29(26,27)15-6-7-15;1-9-16-14(8-21(18(16)22)11(3)13-5-6-13)7-15(20-9)17-10(2)19-12(4)23-17/h8,11,13-14H,4-7,9H2,1-3H3,(H,23,24,26);9,12,14H,4-8,10H2,1-3H3;8,11,13H,6-7,9H2,1-5H3,(H,22,23,27);8,11,13,15H,4-7,9H2,1-3H3,(H,22,23);7,11,13H,5-6,8H2,1-4H3/t11-;12-;3*11-/m00000/s1. The minimum Gasteiger partial charge on any atom is -0.331 e. The minimum absolute atomic E-state index is 0.00301. The summed E-state index contributed by atoms with van der Waals surface area (Å²) < 4.78 is 27.9. The van der Waals surface area contributed by atoms with Crippen LogP contribution in [0, 0.1) is 112 Å². The van der Waals surface area contributed by atoms with Crippen LogP contribution in [-0.2, 0) is 52.3 Å². The van der Waals surface area contributed by atoms with E-state index in [-0.39, 0.29) is 88.5 Å². The SMILES string of the molecule is Cc1nc(C)c(-c2cc3c(c(C)n2)C(=O)N([C@@H](C)C2CC2)C3)s1.Cc1nc(C)c(-c2cc3c(c(N4CCCC4=O)n2)C(=O)N([C@@H](C)C2CC2)C3)s1.Cc1nc(C)c(-c2cc3c(c(NC(=O)C4CC4)n2)C(=O)N([C@@H](C)C2CC2)C3)s1.Cc1nc(C)c(-c2cc3c(c(NC(=O)N(C)C)n2)C(=O)N([C@@H](C)C2CC2)C3)s1.Cc1nc(C)c(-c2cc3c(c(NS(=O)(=O)C4CC4)n2)C(=O)N([C@@H](C)C2CC2)C3)s1. The number of pyridine rings is 5. The van der Waals surface area contributed by atoms with Crippen molar-refractivity contribution < 1.29 is 46.8 Å². The number of aryl methyl sites for hydroxylation is 11. The lowest BCUT2D eigenvalue weighted by atomic mass is 10.1. The lowest BCUT2D eigenvalue weighted by Gasteiger charge is -2.24. The average molecular weight is 1950 g/mol. The molecule has 8 fully saturated rings. The number of nitrogens with one attached hydrogen (secondary N) is 3. The second-order valence-corrected chi connectivity index (χ2v) is 47.5. The summed E-state index contributed by atoms with van der Waals surface area (Å²) in [6.45, 7) is 36.0. The highest BCUT2D eigenvalue weighted by atomic mass is 32.2. The molecule has 6 aliphatic heterocycles. The highest BCUT2D eigenvalue weighted by Crippen LogP contribution is 2.50. The second-order valence-electron chi connectivity index (χ2n) is 39.5. The van der Waals surface area contributed by atoms with E-state index >= 15 is 0 Å². The Kier molecular flexibility index (Phi) is 25.5. The maximum Gasteiger partial charge on any atom is 0.322 e. The van der Waals surface area contributed by atoms with Gasteiger partial charge in [-0.05, 0) is 295 Å². The van der Waals surface area contributed by atoms with Crippen molar-refractivity contribution in [3.05, 3.63) is 145 Å². The van der Waals surface area contributed by atoms with E-state index in [2.05, 4.69) is 90.9 Å². The van der Waals surface area contributed by atoms with Gasteiger partial charge in [0.15, 0.2) is 5.82 Å². The molecule has 7 saturated carbocycles. The molecule has 10 aromatic heterocycles. The lowest BCUT2D eigenvalue weighted by Crippen LogP contribution is -2.35. The van der Waals surface area contributed by atoms with E-state index in [1.54, 1.807) is 64.3 Å². The minimum atomic E-state index is -3.53. The Hall–Kier alpha value is -10.8. The molecule has 13 aliphatic rings. The number of amides is 9. The van der Waals surface area contributed by atoms with Crippen molar-refractivity contribution in [3.63, 3.8) is 0 Å². The third kappa shape index (κ3) is 19.0. The zero-order chi connectivity index (χ0) is 96.1. The topological polar surface area (TPSA) is 358 Å². The van der Waals surface area contributed by atoms with Crippen LogP contribution >= 0.6 is 56.7 Å². The van der Waals surface area contributed by atoms with E-state index in [0.29, 0.717) is 133 Å². The van der Waals surface area contributed by atoms with Crippen LogP contribution in [0.3, 0.4) is 0 Å². The maximum absolute atomic E-state index is 13.3. The van der Waals surface area contributed by atoms with E-state index < -0.39 is 10.0 Å². The number of carbonyl (C=O) groups excluding carboxylic acids is 8. The molecule has 7 aliphatic carbocycles. The summed E-state index contributed by atoms with van der Waals surface area (Å²) in [6.07, 6.45) is 16.4. The molecular formula is C100H118N20O10S6. The first-order valence-electron chi connectivity index (χ1n) is 47.9. The van der Waals surface area contributed by atoms with E-state index in [1.807, 2.05) is 125 Å².